The third kappa shape index (κ3) is 6.33. The van der Waals surface area contributed by atoms with Crippen LogP contribution in [0.1, 0.15) is 6.42 Å². The van der Waals surface area contributed by atoms with E-state index in [9.17, 15) is 8.76 Å². The average Bonchev–Trinajstić information content (AvgIpc) is 1.61. The first-order valence-electron chi connectivity index (χ1n) is 1.98. The maximum absolute atomic E-state index is 9.74. The lowest BCUT2D eigenvalue weighted by molar-refractivity contribution is 0.536. The fourth-order valence-electron chi connectivity index (χ4n) is 0.190. The van der Waals surface area contributed by atoms with Gasteiger partial charge in [0.15, 0.2) is 0 Å². The SMILES string of the molecule is O=S([O-])CCC[Si]. The van der Waals surface area contributed by atoms with Gasteiger partial charge in [-0.3, -0.25) is 4.21 Å². The Kier molecular flexibility index (Phi) is 4.69. The van der Waals surface area contributed by atoms with Crippen LogP contribution in [0.5, 0.6) is 0 Å². The molecule has 4 heteroatoms. The Morgan fingerprint density at radius 2 is 2.29 bits per heavy atom. The molecule has 1 unspecified atom stereocenters. The largest absolute Gasteiger partial charge is 0.772 e. The summed E-state index contributed by atoms with van der Waals surface area (Å²) in [6, 6.07) is 0.758. The lowest BCUT2D eigenvalue weighted by Crippen LogP contribution is -1.93. The zero-order chi connectivity index (χ0) is 5.70. The van der Waals surface area contributed by atoms with E-state index in [1.807, 2.05) is 0 Å². The highest BCUT2D eigenvalue weighted by atomic mass is 32.2. The van der Waals surface area contributed by atoms with Crippen molar-refractivity contribution in [3.8, 4) is 0 Å². The van der Waals surface area contributed by atoms with E-state index >= 15 is 0 Å². The number of rotatable bonds is 3. The summed E-state index contributed by atoms with van der Waals surface area (Å²) in [5, 5.41) is 0. The summed E-state index contributed by atoms with van der Waals surface area (Å²) in [6.45, 7) is 0. The van der Waals surface area contributed by atoms with Crippen LogP contribution in [0.15, 0.2) is 0 Å². The fourth-order valence-corrected chi connectivity index (χ4v) is 1.00. The van der Waals surface area contributed by atoms with Gasteiger partial charge in [-0.25, -0.2) is 0 Å². The summed E-state index contributed by atoms with van der Waals surface area (Å²) >= 11 is -1.85. The second-order valence-corrected chi connectivity index (χ2v) is 2.63. The van der Waals surface area contributed by atoms with Gasteiger partial charge in [-0.1, -0.05) is 17.1 Å². The molecule has 0 aliphatic carbocycles. The minimum absolute atomic E-state index is 0.267. The van der Waals surface area contributed by atoms with E-state index in [4.69, 9.17) is 0 Å². The van der Waals surface area contributed by atoms with Crippen LogP contribution in [0, 0.1) is 0 Å². The van der Waals surface area contributed by atoms with Crippen LogP contribution < -0.4 is 0 Å². The van der Waals surface area contributed by atoms with Crippen LogP contribution in [0.3, 0.4) is 0 Å². The molecule has 0 bridgehead atoms. The number of hydrogen-bond acceptors (Lipinski definition) is 2. The lowest BCUT2D eigenvalue weighted by atomic mass is 10.6. The van der Waals surface area contributed by atoms with Crippen LogP contribution in [0.2, 0.25) is 6.04 Å². The Hall–Kier alpha value is 0.327. The Morgan fingerprint density at radius 1 is 1.71 bits per heavy atom. The van der Waals surface area contributed by atoms with Crippen molar-refractivity contribution < 1.29 is 8.76 Å². The summed E-state index contributed by atoms with van der Waals surface area (Å²) in [7, 11) is 3.15. The molecule has 0 aliphatic heterocycles. The molecule has 0 heterocycles. The first-order chi connectivity index (χ1) is 3.27. The van der Waals surface area contributed by atoms with E-state index in [0.29, 0.717) is 6.42 Å². The minimum atomic E-state index is -1.85. The van der Waals surface area contributed by atoms with Crippen molar-refractivity contribution in [3.63, 3.8) is 0 Å². The van der Waals surface area contributed by atoms with Crippen molar-refractivity contribution in [1.29, 1.82) is 0 Å². The highest BCUT2D eigenvalue weighted by Crippen LogP contribution is 1.84. The molecule has 7 heavy (non-hydrogen) atoms. The maximum Gasteiger partial charge on any atom is 0.0222 e. The van der Waals surface area contributed by atoms with Gasteiger partial charge >= 0.3 is 0 Å². The molecule has 0 aromatic heterocycles. The predicted octanol–water partition coefficient (Wildman–Crippen LogP) is -0.158. The third-order valence-electron chi connectivity index (χ3n) is 0.488. The minimum Gasteiger partial charge on any atom is -0.772 e. The van der Waals surface area contributed by atoms with Crippen molar-refractivity contribution in [1.82, 2.24) is 0 Å². The predicted molar refractivity (Wildman–Crippen MR) is 29.0 cm³/mol. The van der Waals surface area contributed by atoms with Gasteiger partial charge in [-0.05, 0) is 6.42 Å². The molecule has 0 N–H and O–H groups in total. The summed E-state index contributed by atoms with van der Waals surface area (Å²) in [6.07, 6.45) is 0.701. The molecule has 41 valence electrons. The van der Waals surface area contributed by atoms with Crippen LogP contribution in [0.25, 0.3) is 0 Å². The van der Waals surface area contributed by atoms with Gasteiger partial charge in [0, 0.05) is 16.0 Å². The first-order valence-corrected chi connectivity index (χ1v) is 3.93. The van der Waals surface area contributed by atoms with Crippen molar-refractivity contribution in [2.75, 3.05) is 5.75 Å². The lowest BCUT2D eigenvalue weighted by Gasteiger charge is -1.99. The molecule has 0 aromatic rings. The second kappa shape index (κ2) is 4.48. The Morgan fingerprint density at radius 3 is 2.43 bits per heavy atom. The standard InChI is InChI=1S/C3H7O2SSi/c4-6(5)2-1-3-7/h1-3H2,(H,4,5)/p-1. The highest BCUT2D eigenvalue weighted by molar-refractivity contribution is 7.79. The zero-order valence-electron chi connectivity index (χ0n) is 3.85. The van der Waals surface area contributed by atoms with E-state index in [0.717, 1.165) is 6.04 Å². The van der Waals surface area contributed by atoms with Crippen LogP contribution in [-0.4, -0.2) is 24.8 Å². The molecule has 0 aliphatic rings. The molecule has 0 spiro atoms. The topological polar surface area (TPSA) is 40.1 Å². The smallest absolute Gasteiger partial charge is 0.0222 e. The van der Waals surface area contributed by atoms with Gasteiger partial charge in [0.25, 0.3) is 0 Å². The molecule has 0 fully saturated rings. The maximum atomic E-state index is 9.74. The average molecular weight is 134 g/mol. The molecule has 3 radical (unpaired) electrons. The summed E-state index contributed by atoms with van der Waals surface area (Å²) in [5.74, 6) is 0.267. The second-order valence-electron chi connectivity index (χ2n) is 1.11. The molecule has 2 nitrogen and oxygen atoms in total. The zero-order valence-corrected chi connectivity index (χ0v) is 5.66. The van der Waals surface area contributed by atoms with Gasteiger partial charge in [0.2, 0.25) is 0 Å². The van der Waals surface area contributed by atoms with Gasteiger partial charge in [0.1, 0.15) is 0 Å². The quantitative estimate of drug-likeness (QED) is 0.397. The third-order valence-corrected chi connectivity index (χ3v) is 1.46. The number of hydrogen-bond donors (Lipinski definition) is 0. The fraction of sp³-hybridized carbons (Fsp3) is 1.00. The monoisotopic (exact) mass is 134 g/mol. The van der Waals surface area contributed by atoms with Crippen molar-refractivity contribution >= 4 is 21.3 Å². The van der Waals surface area contributed by atoms with E-state index in [1.54, 1.807) is 0 Å². The van der Waals surface area contributed by atoms with Crippen molar-refractivity contribution in [2.45, 2.75) is 12.5 Å². The van der Waals surface area contributed by atoms with E-state index in [2.05, 4.69) is 10.2 Å². The highest BCUT2D eigenvalue weighted by Gasteiger charge is 1.79. The molecular formula is C3H6O2SSi-. The van der Waals surface area contributed by atoms with Crippen LogP contribution >= 0.6 is 0 Å². The molecule has 0 rings (SSSR count). The molecule has 0 amide bonds. The molecule has 0 saturated heterocycles. The van der Waals surface area contributed by atoms with Crippen molar-refractivity contribution in [2.24, 2.45) is 0 Å². The van der Waals surface area contributed by atoms with Crippen molar-refractivity contribution in [3.05, 3.63) is 0 Å². The van der Waals surface area contributed by atoms with Gasteiger partial charge in [-0.2, -0.15) is 0 Å². The molecule has 0 aromatic carbocycles. The van der Waals surface area contributed by atoms with Gasteiger partial charge in [-0.15, -0.1) is 0 Å². The summed E-state index contributed by atoms with van der Waals surface area (Å²) in [4.78, 5) is 0. The van der Waals surface area contributed by atoms with Crippen LogP contribution in [-0.2, 0) is 11.1 Å². The molecule has 0 saturated carbocycles. The van der Waals surface area contributed by atoms with Gasteiger partial charge < -0.3 is 4.55 Å². The van der Waals surface area contributed by atoms with E-state index in [-0.39, 0.29) is 5.75 Å². The normalized spacial score (nSPS) is 14.0. The van der Waals surface area contributed by atoms with E-state index in [1.165, 1.54) is 0 Å². The Labute approximate surface area is 49.0 Å². The summed E-state index contributed by atoms with van der Waals surface area (Å²) < 4.78 is 19.5. The Balaban J connectivity index is 2.82. The van der Waals surface area contributed by atoms with Gasteiger partial charge in [0.05, 0.1) is 0 Å². The first kappa shape index (κ1) is 7.33. The molecular weight excluding hydrogens is 128 g/mol. The molecule has 1 atom stereocenters. The van der Waals surface area contributed by atoms with E-state index < -0.39 is 11.1 Å². The Bertz CT molecular complexity index is 66.0. The van der Waals surface area contributed by atoms with Crippen LogP contribution in [0.4, 0.5) is 0 Å². The summed E-state index contributed by atoms with van der Waals surface area (Å²) in [5.41, 5.74) is 0.